The van der Waals surface area contributed by atoms with E-state index in [9.17, 15) is 9.90 Å². The number of hydrogen-bond donors (Lipinski definition) is 2. The maximum atomic E-state index is 11.2. The molecule has 0 atom stereocenters. The molecule has 2 N–H and O–H groups in total. The Morgan fingerprint density at radius 3 is 2.42 bits per heavy atom. The van der Waals surface area contributed by atoms with Crippen molar-refractivity contribution in [3.05, 3.63) is 64.0 Å². The van der Waals surface area contributed by atoms with Crippen molar-refractivity contribution in [3.63, 3.8) is 0 Å². The van der Waals surface area contributed by atoms with Crippen molar-refractivity contribution in [1.82, 2.24) is 4.98 Å². The Hall–Kier alpha value is -2.66. The summed E-state index contributed by atoms with van der Waals surface area (Å²) in [5.41, 5.74) is 7.75. The summed E-state index contributed by atoms with van der Waals surface area (Å²) in [6, 6.07) is 11.6. The van der Waals surface area contributed by atoms with Crippen molar-refractivity contribution < 1.29 is 9.90 Å². The summed E-state index contributed by atoms with van der Waals surface area (Å²) < 4.78 is 0. The molecule has 31 heavy (non-hydrogen) atoms. The van der Waals surface area contributed by atoms with E-state index in [-0.39, 0.29) is 16.4 Å². The van der Waals surface area contributed by atoms with Gasteiger partial charge in [-0.2, -0.15) is 0 Å². The molecule has 5 heteroatoms. The molecule has 0 saturated heterocycles. The number of aryl methyl sites for hydroxylation is 1. The third-order valence-corrected chi connectivity index (χ3v) is 7.36. The van der Waals surface area contributed by atoms with Gasteiger partial charge in [-0.25, -0.2) is 9.78 Å². The fraction of sp³-hybridized carbons (Fsp3) is 0.385. The highest BCUT2D eigenvalue weighted by molar-refractivity contribution is 7.14. The van der Waals surface area contributed by atoms with Crippen LogP contribution >= 0.6 is 11.3 Å². The van der Waals surface area contributed by atoms with Gasteiger partial charge in [0.25, 0.3) is 0 Å². The van der Waals surface area contributed by atoms with Crippen molar-refractivity contribution in [1.29, 1.82) is 0 Å². The Bertz CT molecular complexity index is 1140. The molecule has 4 nitrogen and oxygen atoms in total. The quantitative estimate of drug-likeness (QED) is 0.447. The lowest BCUT2D eigenvalue weighted by molar-refractivity contribution is 0.0697. The summed E-state index contributed by atoms with van der Waals surface area (Å²) in [6.45, 7) is 11.6. The van der Waals surface area contributed by atoms with Crippen molar-refractivity contribution in [2.24, 2.45) is 0 Å². The van der Waals surface area contributed by atoms with Crippen molar-refractivity contribution in [2.75, 3.05) is 5.32 Å². The number of fused-ring (bicyclic) bond motifs is 1. The first-order valence-electron chi connectivity index (χ1n) is 10.8. The molecule has 1 aliphatic carbocycles. The van der Waals surface area contributed by atoms with Gasteiger partial charge in [0, 0.05) is 16.6 Å². The van der Waals surface area contributed by atoms with Crippen molar-refractivity contribution >= 4 is 28.1 Å². The molecule has 0 radical (unpaired) electrons. The molecule has 3 aromatic rings. The second-order valence-electron chi connectivity index (χ2n) is 9.73. The highest BCUT2D eigenvalue weighted by Gasteiger charge is 2.37. The monoisotopic (exact) mass is 434 g/mol. The number of carboxylic acids is 1. The SMILES string of the molecule is CCc1cc2c(cc1-c1csc(Nc3cccc(C(=O)O)c3)n1)C(C)(C)CCC2(C)C. The van der Waals surface area contributed by atoms with Gasteiger partial charge in [0.1, 0.15) is 0 Å². The molecule has 162 valence electrons. The molecule has 1 aromatic heterocycles. The van der Waals surface area contributed by atoms with Crippen LogP contribution in [0.4, 0.5) is 10.8 Å². The number of nitrogens with one attached hydrogen (secondary N) is 1. The summed E-state index contributed by atoms with van der Waals surface area (Å²) in [7, 11) is 0. The van der Waals surface area contributed by atoms with Crippen LogP contribution in [0.1, 0.15) is 74.5 Å². The number of carboxylic acid groups (broad SMARTS) is 1. The average Bonchev–Trinajstić information content (AvgIpc) is 3.19. The van der Waals surface area contributed by atoms with E-state index < -0.39 is 5.97 Å². The number of thiazole rings is 1. The number of carbonyl (C=O) groups is 1. The maximum absolute atomic E-state index is 11.2. The zero-order chi connectivity index (χ0) is 22.4. The molecule has 1 aliphatic rings. The van der Waals surface area contributed by atoms with Crippen LogP contribution in [0.5, 0.6) is 0 Å². The maximum Gasteiger partial charge on any atom is 0.335 e. The first-order chi connectivity index (χ1) is 14.6. The molecule has 0 aliphatic heterocycles. The molecule has 0 bridgehead atoms. The van der Waals surface area contributed by atoms with Crippen LogP contribution < -0.4 is 5.32 Å². The third kappa shape index (κ3) is 4.11. The normalized spacial score (nSPS) is 16.5. The number of benzene rings is 2. The Balaban J connectivity index is 1.72. The van der Waals surface area contributed by atoms with Gasteiger partial charge >= 0.3 is 5.97 Å². The van der Waals surface area contributed by atoms with Crippen LogP contribution in [-0.4, -0.2) is 16.1 Å². The minimum atomic E-state index is -0.935. The summed E-state index contributed by atoms with van der Waals surface area (Å²) in [5, 5.41) is 15.3. The molecule has 2 aromatic carbocycles. The van der Waals surface area contributed by atoms with E-state index in [1.54, 1.807) is 29.5 Å². The van der Waals surface area contributed by atoms with Gasteiger partial charge in [-0.3, -0.25) is 0 Å². The third-order valence-electron chi connectivity index (χ3n) is 6.60. The highest BCUT2D eigenvalue weighted by atomic mass is 32.1. The molecule has 0 fully saturated rings. The van der Waals surface area contributed by atoms with Gasteiger partial charge < -0.3 is 10.4 Å². The topological polar surface area (TPSA) is 62.2 Å². The molecule has 1 heterocycles. The second kappa shape index (κ2) is 7.79. The fourth-order valence-electron chi connectivity index (χ4n) is 4.50. The minimum absolute atomic E-state index is 0.153. The predicted molar refractivity (Wildman–Crippen MR) is 129 cm³/mol. The van der Waals surface area contributed by atoms with Crippen LogP contribution in [0, 0.1) is 0 Å². The van der Waals surface area contributed by atoms with E-state index >= 15 is 0 Å². The molecular formula is C26H30N2O2S. The zero-order valence-corrected chi connectivity index (χ0v) is 19.7. The molecular weight excluding hydrogens is 404 g/mol. The number of hydrogen-bond acceptors (Lipinski definition) is 4. The average molecular weight is 435 g/mol. The number of anilines is 2. The van der Waals surface area contributed by atoms with Gasteiger partial charge in [0.15, 0.2) is 5.13 Å². The van der Waals surface area contributed by atoms with E-state index in [0.29, 0.717) is 0 Å². The molecule has 0 saturated carbocycles. The number of rotatable bonds is 5. The van der Waals surface area contributed by atoms with Crippen LogP contribution in [0.3, 0.4) is 0 Å². The van der Waals surface area contributed by atoms with Crippen LogP contribution in [0.25, 0.3) is 11.3 Å². The van der Waals surface area contributed by atoms with E-state index in [4.69, 9.17) is 4.98 Å². The largest absolute Gasteiger partial charge is 0.478 e. The molecule has 0 spiro atoms. The minimum Gasteiger partial charge on any atom is -0.478 e. The predicted octanol–water partition coefficient (Wildman–Crippen LogP) is 7.16. The Morgan fingerprint density at radius 1 is 1.10 bits per heavy atom. The van der Waals surface area contributed by atoms with Gasteiger partial charge in [-0.05, 0) is 71.0 Å². The van der Waals surface area contributed by atoms with E-state index in [1.807, 2.05) is 6.07 Å². The van der Waals surface area contributed by atoms with Gasteiger partial charge in [0.2, 0.25) is 0 Å². The van der Waals surface area contributed by atoms with E-state index in [1.165, 1.54) is 35.1 Å². The second-order valence-corrected chi connectivity index (χ2v) is 10.6. The summed E-state index contributed by atoms with van der Waals surface area (Å²) >= 11 is 1.54. The Morgan fingerprint density at radius 2 is 1.77 bits per heavy atom. The van der Waals surface area contributed by atoms with E-state index in [0.717, 1.165) is 22.9 Å². The zero-order valence-electron chi connectivity index (χ0n) is 18.9. The summed E-state index contributed by atoms with van der Waals surface area (Å²) in [4.78, 5) is 16.1. The number of aromatic nitrogens is 1. The molecule has 0 amide bonds. The Kier molecular flexibility index (Phi) is 5.42. The van der Waals surface area contributed by atoms with Crippen LogP contribution in [0.15, 0.2) is 41.8 Å². The first-order valence-corrected chi connectivity index (χ1v) is 11.7. The van der Waals surface area contributed by atoms with Gasteiger partial charge in [-0.1, -0.05) is 46.8 Å². The number of nitrogens with zero attached hydrogens (tertiary/aromatic N) is 1. The Labute approximate surface area is 188 Å². The van der Waals surface area contributed by atoms with Crippen molar-refractivity contribution in [3.8, 4) is 11.3 Å². The summed E-state index contributed by atoms with van der Waals surface area (Å²) in [5.74, 6) is -0.935. The lowest BCUT2D eigenvalue weighted by Gasteiger charge is -2.42. The molecule has 4 rings (SSSR count). The lowest BCUT2D eigenvalue weighted by atomic mass is 9.62. The van der Waals surface area contributed by atoms with Crippen molar-refractivity contribution in [2.45, 2.75) is 64.7 Å². The summed E-state index contributed by atoms with van der Waals surface area (Å²) in [6.07, 6.45) is 3.34. The van der Waals surface area contributed by atoms with Crippen LogP contribution in [0.2, 0.25) is 0 Å². The lowest BCUT2D eigenvalue weighted by Crippen LogP contribution is -2.34. The highest BCUT2D eigenvalue weighted by Crippen LogP contribution is 2.48. The fourth-order valence-corrected chi connectivity index (χ4v) is 5.23. The number of aromatic carboxylic acids is 1. The van der Waals surface area contributed by atoms with Crippen LogP contribution in [-0.2, 0) is 17.3 Å². The van der Waals surface area contributed by atoms with Gasteiger partial charge in [-0.15, -0.1) is 11.3 Å². The van der Waals surface area contributed by atoms with E-state index in [2.05, 4.69) is 57.4 Å². The standard InChI is InChI=1S/C26H30N2O2S/c1-6-16-13-20-21(26(4,5)11-10-25(20,2)3)14-19(16)22-15-31-24(28-22)27-18-9-7-8-17(12-18)23(29)30/h7-9,12-15H,6,10-11H2,1-5H3,(H,27,28)(H,29,30). The smallest absolute Gasteiger partial charge is 0.335 e. The molecule has 0 unspecified atom stereocenters. The van der Waals surface area contributed by atoms with Gasteiger partial charge in [0.05, 0.1) is 11.3 Å². The first kappa shape index (κ1) is 21.6.